The van der Waals surface area contributed by atoms with Crippen LogP contribution < -0.4 is 5.32 Å². The van der Waals surface area contributed by atoms with E-state index in [1.807, 2.05) is 35.4 Å². The highest BCUT2D eigenvalue weighted by atomic mass is 35.5. The van der Waals surface area contributed by atoms with Crippen LogP contribution in [0.15, 0.2) is 30.5 Å². The Balaban J connectivity index is 0.00000147. The molecular weight excluding hydrogens is 276 g/mol. The van der Waals surface area contributed by atoms with E-state index in [4.69, 9.17) is 0 Å². The Labute approximate surface area is 124 Å². The molecule has 1 aliphatic rings. The molecule has 0 unspecified atom stereocenters. The van der Waals surface area contributed by atoms with Gasteiger partial charge >= 0.3 is 0 Å². The summed E-state index contributed by atoms with van der Waals surface area (Å²) in [5.74, 6) is 0.141. The fourth-order valence-corrected chi connectivity index (χ4v) is 2.54. The van der Waals surface area contributed by atoms with E-state index in [0.717, 1.165) is 30.5 Å². The topological polar surface area (TPSA) is 50.2 Å². The smallest absolute Gasteiger partial charge is 0.244 e. The van der Waals surface area contributed by atoms with Gasteiger partial charge in [0.15, 0.2) is 0 Å². The maximum atomic E-state index is 12.3. The molecule has 0 spiro atoms. The van der Waals surface area contributed by atoms with Crippen LogP contribution in [0.2, 0.25) is 0 Å². The molecule has 1 saturated heterocycles. The van der Waals surface area contributed by atoms with Gasteiger partial charge in [-0.1, -0.05) is 18.2 Å². The van der Waals surface area contributed by atoms with Crippen LogP contribution >= 0.6 is 12.4 Å². The van der Waals surface area contributed by atoms with Crippen LogP contribution in [0.5, 0.6) is 0 Å². The lowest BCUT2D eigenvalue weighted by Gasteiger charge is -2.33. The van der Waals surface area contributed by atoms with E-state index in [0.29, 0.717) is 6.54 Å². The molecule has 1 N–H and O–H groups in total. The van der Waals surface area contributed by atoms with Crippen molar-refractivity contribution in [2.75, 3.05) is 19.6 Å². The lowest BCUT2D eigenvalue weighted by atomic mass is 10.2. The van der Waals surface area contributed by atoms with Gasteiger partial charge in [0, 0.05) is 37.3 Å². The molecule has 1 aromatic heterocycles. The number of carbonyl (C=O) groups excluding carboxylic acids is 1. The molecule has 0 saturated carbocycles. The van der Waals surface area contributed by atoms with Crippen LogP contribution in [-0.4, -0.2) is 46.3 Å². The number of rotatable bonds is 2. The van der Waals surface area contributed by atoms with Crippen LogP contribution in [0.3, 0.4) is 0 Å². The van der Waals surface area contributed by atoms with Crippen LogP contribution in [0.25, 0.3) is 10.9 Å². The highest BCUT2D eigenvalue weighted by Gasteiger charge is 2.23. The number of hydrogen-bond donors (Lipinski definition) is 1. The van der Waals surface area contributed by atoms with Crippen molar-refractivity contribution in [1.82, 2.24) is 20.0 Å². The van der Waals surface area contributed by atoms with E-state index >= 15 is 0 Å². The molecule has 1 aromatic carbocycles. The van der Waals surface area contributed by atoms with Gasteiger partial charge in [-0.15, -0.1) is 12.4 Å². The second-order valence-corrected chi connectivity index (χ2v) is 5.03. The predicted octanol–water partition coefficient (Wildman–Crippen LogP) is 1.28. The number of nitrogens with one attached hydrogen (secondary N) is 1. The van der Waals surface area contributed by atoms with E-state index in [9.17, 15) is 4.79 Å². The Morgan fingerprint density at radius 3 is 3.00 bits per heavy atom. The molecule has 0 radical (unpaired) electrons. The maximum Gasteiger partial charge on any atom is 0.244 e. The first-order valence-electron chi connectivity index (χ1n) is 6.66. The van der Waals surface area contributed by atoms with E-state index in [1.165, 1.54) is 0 Å². The summed E-state index contributed by atoms with van der Waals surface area (Å²) in [6.45, 7) is 4.91. The van der Waals surface area contributed by atoms with E-state index < -0.39 is 0 Å². The first-order valence-corrected chi connectivity index (χ1v) is 6.66. The van der Waals surface area contributed by atoms with Gasteiger partial charge in [-0.3, -0.25) is 9.48 Å². The number of benzene rings is 1. The number of halogens is 1. The van der Waals surface area contributed by atoms with Gasteiger partial charge in [0.1, 0.15) is 6.54 Å². The first kappa shape index (κ1) is 14.8. The van der Waals surface area contributed by atoms with Crippen molar-refractivity contribution >= 4 is 29.2 Å². The van der Waals surface area contributed by atoms with E-state index in [1.54, 1.807) is 4.68 Å². The zero-order valence-electron chi connectivity index (χ0n) is 11.5. The molecule has 1 aliphatic heterocycles. The number of fused-ring (bicyclic) bond motifs is 1. The van der Waals surface area contributed by atoms with Crippen molar-refractivity contribution in [3.8, 4) is 0 Å². The molecule has 2 heterocycles. The normalized spacial score (nSPS) is 18.9. The first-order chi connectivity index (χ1) is 9.24. The second-order valence-electron chi connectivity index (χ2n) is 5.03. The minimum atomic E-state index is 0. The molecule has 6 heteroatoms. The number of hydrogen-bond acceptors (Lipinski definition) is 3. The molecule has 0 bridgehead atoms. The zero-order valence-corrected chi connectivity index (χ0v) is 12.3. The predicted molar refractivity (Wildman–Crippen MR) is 81.0 cm³/mol. The third kappa shape index (κ3) is 2.94. The second kappa shape index (κ2) is 6.24. The monoisotopic (exact) mass is 294 g/mol. The largest absolute Gasteiger partial charge is 0.336 e. The van der Waals surface area contributed by atoms with Crippen LogP contribution in [0.4, 0.5) is 0 Å². The number of nitrogens with zero attached hydrogens (tertiary/aromatic N) is 3. The van der Waals surface area contributed by atoms with Crippen molar-refractivity contribution in [3.63, 3.8) is 0 Å². The van der Waals surface area contributed by atoms with Gasteiger partial charge < -0.3 is 10.2 Å². The van der Waals surface area contributed by atoms with Gasteiger partial charge in [0.25, 0.3) is 0 Å². The maximum absolute atomic E-state index is 12.3. The average Bonchev–Trinajstić information content (AvgIpc) is 2.81. The summed E-state index contributed by atoms with van der Waals surface area (Å²) in [4.78, 5) is 14.2. The number of amides is 1. The summed E-state index contributed by atoms with van der Waals surface area (Å²) in [6.07, 6.45) is 1.93. The lowest BCUT2D eigenvalue weighted by molar-refractivity contribution is -0.134. The fourth-order valence-electron chi connectivity index (χ4n) is 2.54. The van der Waals surface area contributed by atoms with Crippen molar-refractivity contribution in [2.45, 2.75) is 19.5 Å². The van der Waals surface area contributed by atoms with E-state index in [-0.39, 0.29) is 24.4 Å². The molecule has 0 aliphatic carbocycles. The fraction of sp³-hybridized carbons (Fsp3) is 0.429. The SMILES string of the molecule is C[C@H]1CNCCN1C(=O)Cn1cc2ccccc2n1.Cl. The quantitative estimate of drug-likeness (QED) is 0.908. The summed E-state index contributed by atoms with van der Waals surface area (Å²) < 4.78 is 1.74. The van der Waals surface area contributed by atoms with Crippen molar-refractivity contribution < 1.29 is 4.79 Å². The number of aromatic nitrogens is 2. The Kier molecular flexibility index (Phi) is 4.62. The van der Waals surface area contributed by atoms with Gasteiger partial charge in [0.05, 0.1) is 5.52 Å². The van der Waals surface area contributed by atoms with Gasteiger partial charge in [-0.05, 0) is 13.0 Å². The lowest BCUT2D eigenvalue weighted by Crippen LogP contribution is -2.53. The Morgan fingerprint density at radius 2 is 2.25 bits per heavy atom. The molecule has 1 atom stereocenters. The molecule has 3 rings (SSSR count). The molecule has 5 nitrogen and oxygen atoms in total. The highest BCUT2D eigenvalue weighted by molar-refractivity contribution is 5.85. The molecule has 2 aromatic rings. The minimum absolute atomic E-state index is 0. The zero-order chi connectivity index (χ0) is 13.2. The Morgan fingerprint density at radius 1 is 1.45 bits per heavy atom. The summed E-state index contributed by atoms with van der Waals surface area (Å²) in [7, 11) is 0. The third-order valence-corrected chi connectivity index (χ3v) is 3.58. The average molecular weight is 295 g/mol. The number of carbonyl (C=O) groups is 1. The molecule has 20 heavy (non-hydrogen) atoms. The van der Waals surface area contributed by atoms with E-state index in [2.05, 4.69) is 17.3 Å². The van der Waals surface area contributed by atoms with Crippen molar-refractivity contribution in [3.05, 3.63) is 30.5 Å². The van der Waals surface area contributed by atoms with Crippen LogP contribution in [0, 0.1) is 0 Å². The van der Waals surface area contributed by atoms with Gasteiger partial charge in [-0.25, -0.2) is 0 Å². The van der Waals surface area contributed by atoms with Gasteiger partial charge in [0.2, 0.25) is 5.91 Å². The summed E-state index contributed by atoms with van der Waals surface area (Å²) in [5, 5.41) is 8.79. The van der Waals surface area contributed by atoms with Gasteiger partial charge in [-0.2, -0.15) is 5.10 Å². The Hall–Kier alpha value is -1.59. The molecule has 1 amide bonds. The summed E-state index contributed by atoms with van der Waals surface area (Å²) in [5.41, 5.74) is 0.934. The molecule has 108 valence electrons. The molecule has 1 fully saturated rings. The number of piperazine rings is 1. The Bertz CT molecular complexity index is 565. The van der Waals surface area contributed by atoms with Crippen molar-refractivity contribution in [2.24, 2.45) is 0 Å². The standard InChI is InChI=1S/C14H18N4O.ClH/c1-11-8-15-6-7-18(11)14(19)10-17-9-12-4-2-3-5-13(12)16-17;/h2-5,9,11,15H,6-8,10H2,1H3;1H/t11-;/m0./s1. The summed E-state index contributed by atoms with van der Waals surface area (Å²) >= 11 is 0. The minimum Gasteiger partial charge on any atom is -0.336 e. The molecular formula is C14H19ClN4O. The highest BCUT2D eigenvalue weighted by Crippen LogP contribution is 2.11. The van der Waals surface area contributed by atoms with Crippen LogP contribution in [0.1, 0.15) is 6.92 Å². The van der Waals surface area contributed by atoms with Crippen molar-refractivity contribution in [1.29, 1.82) is 0 Å². The third-order valence-electron chi connectivity index (χ3n) is 3.58. The summed E-state index contributed by atoms with van der Waals surface area (Å²) in [6, 6.07) is 8.17. The van der Waals surface area contributed by atoms with Crippen LogP contribution in [-0.2, 0) is 11.3 Å².